The van der Waals surface area contributed by atoms with Crippen LogP contribution in [-0.4, -0.2) is 45.2 Å². The van der Waals surface area contributed by atoms with E-state index < -0.39 is 24.5 Å². The Hall–Kier alpha value is -1.12. The third-order valence-corrected chi connectivity index (χ3v) is 3.15. The summed E-state index contributed by atoms with van der Waals surface area (Å²) in [5, 5.41) is 28.6. The Balaban J connectivity index is 2.27. The van der Waals surface area contributed by atoms with Crippen molar-refractivity contribution >= 4 is 17.2 Å². The number of nitrogens with two attached hydrogens (primary N) is 1. The van der Waals surface area contributed by atoms with Gasteiger partial charge in [0.15, 0.2) is 18.5 Å². The summed E-state index contributed by atoms with van der Waals surface area (Å²) in [6, 6.07) is 3.45. The Labute approximate surface area is 109 Å². The molecular weight excluding hydrogens is 256 g/mol. The number of aliphatic hydroxyl groups excluding tert-OH is 3. The van der Waals surface area contributed by atoms with Gasteiger partial charge < -0.3 is 25.8 Å². The lowest BCUT2D eigenvalue weighted by atomic mass is 10.1. The first-order valence-electron chi connectivity index (χ1n) is 5.47. The van der Waals surface area contributed by atoms with Crippen molar-refractivity contribution < 1.29 is 24.6 Å². The number of thiocarbonyl (C=S) groups is 1. The van der Waals surface area contributed by atoms with Crippen LogP contribution in [0.3, 0.4) is 0 Å². The molecule has 0 unspecified atom stereocenters. The molecule has 0 aliphatic carbocycles. The van der Waals surface area contributed by atoms with Gasteiger partial charge in [0.25, 0.3) is 6.23 Å². The molecule has 0 radical (unpaired) electrons. The van der Waals surface area contributed by atoms with E-state index in [1.54, 1.807) is 29.1 Å². The second kappa shape index (κ2) is 5.25. The first-order valence-corrected chi connectivity index (χ1v) is 5.88. The predicted octanol–water partition coefficient (Wildman–Crippen LogP) is -1.78. The normalized spacial score (nSPS) is 31.5. The largest absolute Gasteiger partial charge is 0.394 e. The fourth-order valence-corrected chi connectivity index (χ4v) is 2.04. The van der Waals surface area contributed by atoms with Gasteiger partial charge in [-0.25, -0.2) is 0 Å². The van der Waals surface area contributed by atoms with Crippen LogP contribution in [0.2, 0.25) is 0 Å². The summed E-state index contributed by atoms with van der Waals surface area (Å²) in [6.07, 6.45) is -0.516. The number of nitrogens with zero attached hydrogens (tertiary/aromatic N) is 1. The molecule has 1 fully saturated rings. The van der Waals surface area contributed by atoms with E-state index in [9.17, 15) is 10.2 Å². The lowest BCUT2D eigenvalue weighted by Crippen LogP contribution is -2.46. The highest BCUT2D eigenvalue weighted by atomic mass is 32.1. The fourth-order valence-electron chi connectivity index (χ4n) is 1.92. The molecule has 4 atom stereocenters. The highest BCUT2D eigenvalue weighted by Crippen LogP contribution is 2.24. The molecule has 6 nitrogen and oxygen atoms in total. The fraction of sp³-hybridized carbons (Fsp3) is 0.455. The second-order valence-electron chi connectivity index (χ2n) is 4.13. The molecule has 0 saturated carbocycles. The van der Waals surface area contributed by atoms with Crippen molar-refractivity contribution in [2.24, 2.45) is 5.73 Å². The van der Waals surface area contributed by atoms with Crippen molar-refractivity contribution in [1.82, 2.24) is 0 Å². The van der Waals surface area contributed by atoms with Crippen LogP contribution >= 0.6 is 12.2 Å². The summed E-state index contributed by atoms with van der Waals surface area (Å²) in [5.74, 6) is 0. The van der Waals surface area contributed by atoms with E-state index >= 15 is 0 Å². The maximum atomic E-state index is 9.87. The van der Waals surface area contributed by atoms with E-state index in [4.69, 9.17) is 27.8 Å². The van der Waals surface area contributed by atoms with Gasteiger partial charge in [-0.05, 0) is 6.07 Å². The minimum Gasteiger partial charge on any atom is -0.394 e. The Morgan fingerprint density at radius 3 is 2.72 bits per heavy atom. The van der Waals surface area contributed by atoms with Crippen LogP contribution in [0, 0.1) is 0 Å². The van der Waals surface area contributed by atoms with E-state index in [2.05, 4.69) is 0 Å². The minimum atomic E-state index is -1.12. The zero-order valence-corrected chi connectivity index (χ0v) is 10.3. The standard InChI is InChI=1S/C11H14N2O4S/c12-10(18)6-2-1-3-13(4-6)11-9(16)8(15)7(5-14)17-11/h1-4,7-9,11,14-16H,5H2,(H-,12,18)/p+1/t7-,8-,9-,11-/m1/s1. The quantitative estimate of drug-likeness (QED) is 0.383. The minimum absolute atomic E-state index is 0.232. The van der Waals surface area contributed by atoms with Crippen LogP contribution in [-0.2, 0) is 4.74 Å². The average Bonchev–Trinajstić information content (AvgIpc) is 2.66. The molecule has 2 rings (SSSR count). The van der Waals surface area contributed by atoms with Crippen molar-refractivity contribution in [3.05, 3.63) is 30.1 Å². The van der Waals surface area contributed by atoms with Gasteiger partial charge in [0.1, 0.15) is 17.2 Å². The summed E-state index contributed by atoms with van der Waals surface area (Å²) < 4.78 is 6.95. The van der Waals surface area contributed by atoms with Crippen molar-refractivity contribution in [3.8, 4) is 0 Å². The van der Waals surface area contributed by atoms with E-state index in [1.165, 1.54) is 0 Å². The number of aromatic nitrogens is 1. The molecule has 0 bridgehead atoms. The molecular formula is C11H15N2O4S+. The van der Waals surface area contributed by atoms with Gasteiger partial charge in [0.05, 0.1) is 12.2 Å². The zero-order valence-electron chi connectivity index (χ0n) is 9.51. The van der Waals surface area contributed by atoms with E-state index in [1.807, 2.05) is 0 Å². The molecule has 1 aliphatic rings. The Morgan fingerprint density at radius 1 is 1.44 bits per heavy atom. The van der Waals surface area contributed by atoms with Crippen molar-refractivity contribution in [3.63, 3.8) is 0 Å². The first-order chi connectivity index (χ1) is 8.54. The molecule has 18 heavy (non-hydrogen) atoms. The second-order valence-corrected chi connectivity index (χ2v) is 4.57. The number of ether oxygens (including phenoxy) is 1. The molecule has 1 saturated heterocycles. The summed E-state index contributed by atoms with van der Waals surface area (Å²) in [4.78, 5) is 0.232. The first kappa shape index (κ1) is 13.3. The van der Waals surface area contributed by atoms with E-state index in [-0.39, 0.29) is 11.6 Å². The molecule has 0 spiro atoms. The molecule has 5 N–H and O–H groups in total. The monoisotopic (exact) mass is 271 g/mol. The molecule has 1 aromatic rings. The van der Waals surface area contributed by atoms with Gasteiger partial charge in [0, 0.05) is 6.07 Å². The van der Waals surface area contributed by atoms with Gasteiger partial charge in [0.2, 0.25) is 0 Å². The Kier molecular flexibility index (Phi) is 3.88. The lowest BCUT2D eigenvalue weighted by molar-refractivity contribution is -0.765. The molecule has 7 heteroatoms. The van der Waals surface area contributed by atoms with Crippen LogP contribution in [0.1, 0.15) is 11.8 Å². The molecule has 0 aromatic carbocycles. The van der Waals surface area contributed by atoms with Crippen molar-refractivity contribution in [1.29, 1.82) is 0 Å². The Morgan fingerprint density at radius 2 is 2.17 bits per heavy atom. The van der Waals surface area contributed by atoms with Gasteiger partial charge in [-0.15, -0.1) is 0 Å². The predicted molar refractivity (Wildman–Crippen MR) is 65.5 cm³/mol. The third kappa shape index (κ3) is 2.36. The van der Waals surface area contributed by atoms with E-state index in [0.717, 1.165) is 0 Å². The van der Waals surface area contributed by atoms with Crippen molar-refractivity contribution in [2.45, 2.75) is 24.5 Å². The molecule has 1 aliphatic heterocycles. The number of hydrogen-bond acceptors (Lipinski definition) is 5. The summed E-state index contributed by atoms with van der Waals surface area (Å²) in [7, 11) is 0. The van der Waals surface area contributed by atoms with Crippen LogP contribution in [0.5, 0.6) is 0 Å². The van der Waals surface area contributed by atoms with E-state index in [0.29, 0.717) is 5.56 Å². The van der Waals surface area contributed by atoms with Crippen LogP contribution in [0.15, 0.2) is 24.5 Å². The third-order valence-electron chi connectivity index (χ3n) is 2.92. The smallest absolute Gasteiger partial charge is 0.292 e. The van der Waals surface area contributed by atoms with Crippen LogP contribution < -0.4 is 10.3 Å². The molecule has 98 valence electrons. The summed E-state index contributed by atoms with van der Waals surface area (Å²) in [6.45, 7) is -0.357. The SMILES string of the molecule is NC(=S)c1ccc[n+]([C@@H]2O[C@H](CO)[C@@H](O)[C@H]2O)c1. The molecule has 1 aromatic heterocycles. The molecule has 2 heterocycles. The number of pyridine rings is 1. The summed E-state index contributed by atoms with van der Waals surface area (Å²) in [5.41, 5.74) is 6.15. The Bertz CT molecular complexity index is 456. The average molecular weight is 271 g/mol. The number of rotatable bonds is 3. The zero-order chi connectivity index (χ0) is 13.3. The number of hydrogen-bond donors (Lipinski definition) is 4. The maximum absolute atomic E-state index is 9.87. The van der Waals surface area contributed by atoms with Gasteiger partial charge >= 0.3 is 0 Å². The van der Waals surface area contributed by atoms with Crippen molar-refractivity contribution in [2.75, 3.05) is 6.61 Å². The summed E-state index contributed by atoms with van der Waals surface area (Å²) >= 11 is 4.87. The highest BCUT2D eigenvalue weighted by Gasteiger charge is 2.47. The lowest BCUT2D eigenvalue weighted by Gasteiger charge is -2.10. The molecule has 0 amide bonds. The van der Waals surface area contributed by atoms with Crippen LogP contribution in [0.25, 0.3) is 0 Å². The van der Waals surface area contributed by atoms with Gasteiger partial charge in [-0.1, -0.05) is 12.2 Å². The van der Waals surface area contributed by atoms with Gasteiger partial charge in [-0.3, -0.25) is 0 Å². The number of aliphatic hydroxyl groups is 3. The highest BCUT2D eigenvalue weighted by molar-refractivity contribution is 7.80. The maximum Gasteiger partial charge on any atom is 0.292 e. The van der Waals surface area contributed by atoms with Gasteiger partial charge in [-0.2, -0.15) is 4.57 Å². The topological polar surface area (TPSA) is 99.8 Å². The van der Waals surface area contributed by atoms with Crippen LogP contribution in [0.4, 0.5) is 0 Å².